The van der Waals surface area contributed by atoms with Crippen LogP contribution in [0.1, 0.15) is 31.2 Å². The fourth-order valence-corrected chi connectivity index (χ4v) is 3.33. The van der Waals surface area contributed by atoms with Gasteiger partial charge in [0.15, 0.2) is 0 Å². The second-order valence-electron chi connectivity index (χ2n) is 7.10. The van der Waals surface area contributed by atoms with Crippen molar-refractivity contribution >= 4 is 12.0 Å². The third kappa shape index (κ3) is 6.11. The summed E-state index contributed by atoms with van der Waals surface area (Å²) in [5.74, 6) is 0.0757. The molecule has 1 saturated heterocycles. The van der Waals surface area contributed by atoms with Crippen molar-refractivity contribution in [3.63, 3.8) is 0 Å². The SMILES string of the molecule is O=C(NCCCCn1ccnc1)C1CCN(C(=O)OCc2ccccc2)CC1. The molecule has 0 unspecified atom stereocenters. The number of benzene rings is 1. The van der Waals surface area contributed by atoms with Crippen LogP contribution in [0.15, 0.2) is 49.1 Å². The minimum absolute atomic E-state index is 0.0215. The maximum atomic E-state index is 12.3. The summed E-state index contributed by atoms with van der Waals surface area (Å²) in [6.45, 7) is 3.00. The molecule has 0 radical (unpaired) electrons. The largest absolute Gasteiger partial charge is 0.445 e. The Labute approximate surface area is 165 Å². The first kappa shape index (κ1) is 19.9. The average molecular weight is 384 g/mol. The Morgan fingerprint density at radius 2 is 1.93 bits per heavy atom. The first-order chi connectivity index (χ1) is 13.7. The minimum Gasteiger partial charge on any atom is -0.445 e. The lowest BCUT2D eigenvalue weighted by Gasteiger charge is -2.30. The Morgan fingerprint density at radius 1 is 1.14 bits per heavy atom. The normalized spacial score (nSPS) is 14.6. The van der Waals surface area contributed by atoms with Crippen LogP contribution < -0.4 is 5.32 Å². The van der Waals surface area contributed by atoms with E-state index >= 15 is 0 Å². The lowest BCUT2D eigenvalue weighted by molar-refractivity contribution is -0.126. The Balaban J connectivity index is 1.28. The van der Waals surface area contributed by atoms with Gasteiger partial charge >= 0.3 is 6.09 Å². The van der Waals surface area contributed by atoms with E-state index in [4.69, 9.17) is 4.74 Å². The van der Waals surface area contributed by atoms with Gasteiger partial charge in [-0.2, -0.15) is 0 Å². The fraction of sp³-hybridized carbons (Fsp3) is 0.476. The van der Waals surface area contributed by atoms with Gasteiger partial charge in [0.1, 0.15) is 6.61 Å². The van der Waals surface area contributed by atoms with Crippen LogP contribution in [-0.2, 0) is 22.7 Å². The number of carbonyl (C=O) groups is 2. The van der Waals surface area contributed by atoms with Gasteiger partial charge in [0.2, 0.25) is 5.91 Å². The van der Waals surface area contributed by atoms with Crippen molar-refractivity contribution < 1.29 is 14.3 Å². The van der Waals surface area contributed by atoms with E-state index in [1.54, 1.807) is 17.4 Å². The predicted octanol–water partition coefficient (Wildman–Crippen LogP) is 2.83. The molecule has 2 aromatic rings. The first-order valence-electron chi connectivity index (χ1n) is 9.91. The first-order valence-corrected chi connectivity index (χ1v) is 9.91. The number of likely N-dealkylation sites (tertiary alicyclic amines) is 1. The quantitative estimate of drug-likeness (QED) is 0.710. The maximum Gasteiger partial charge on any atom is 0.410 e. The molecule has 2 heterocycles. The van der Waals surface area contributed by atoms with Crippen LogP contribution in [0.3, 0.4) is 0 Å². The molecular weight excluding hydrogens is 356 g/mol. The number of nitrogens with zero attached hydrogens (tertiary/aromatic N) is 3. The van der Waals surface area contributed by atoms with Crippen molar-refractivity contribution in [2.75, 3.05) is 19.6 Å². The van der Waals surface area contributed by atoms with Gasteiger partial charge in [0.25, 0.3) is 0 Å². The number of rotatable bonds is 8. The van der Waals surface area contributed by atoms with Gasteiger partial charge in [-0.1, -0.05) is 30.3 Å². The standard InChI is InChI=1S/C21H28N4O3/c26-20(23-10-4-5-12-24-15-11-22-17-24)19-8-13-25(14-9-19)21(27)28-16-18-6-2-1-3-7-18/h1-3,6-7,11,15,17,19H,4-5,8-10,12-14,16H2,(H,23,26). The highest BCUT2D eigenvalue weighted by Gasteiger charge is 2.27. The van der Waals surface area contributed by atoms with E-state index in [0.29, 0.717) is 32.5 Å². The van der Waals surface area contributed by atoms with Gasteiger partial charge in [-0.05, 0) is 31.2 Å². The van der Waals surface area contributed by atoms with E-state index in [0.717, 1.165) is 24.9 Å². The van der Waals surface area contributed by atoms with Crippen molar-refractivity contribution in [1.82, 2.24) is 19.8 Å². The van der Waals surface area contributed by atoms with E-state index in [9.17, 15) is 9.59 Å². The van der Waals surface area contributed by atoms with Gasteiger partial charge in [0, 0.05) is 44.5 Å². The second-order valence-corrected chi connectivity index (χ2v) is 7.10. The van der Waals surface area contributed by atoms with E-state index in [-0.39, 0.29) is 24.5 Å². The number of hydrogen-bond donors (Lipinski definition) is 1. The monoisotopic (exact) mass is 384 g/mol. The van der Waals surface area contributed by atoms with Gasteiger partial charge in [0.05, 0.1) is 6.33 Å². The van der Waals surface area contributed by atoms with Crippen LogP contribution in [0.2, 0.25) is 0 Å². The van der Waals surface area contributed by atoms with E-state index in [1.807, 2.05) is 41.1 Å². The van der Waals surface area contributed by atoms with Crippen LogP contribution in [0, 0.1) is 5.92 Å². The van der Waals surface area contributed by atoms with Gasteiger partial charge in [-0.3, -0.25) is 4.79 Å². The molecule has 28 heavy (non-hydrogen) atoms. The van der Waals surface area contributed by atoms with Gasteiger partial charge in [-0.15, -0.1) is 0 Å². The maximum absolute atomic E-state index is 12.3. The number of piperidine rings is 1. The topological polar surface area (TPSA) is 76.5 Å². The predicted molar refractivity (Wildman–Crippen MR) is 105 cm³/mol. The summed E-state index contributed by atoms with van der Waals surface area (Å²) in [6, 6.07) is 9.63. The minimum atomic E-state index is -0.304. The number of nitrogens with one attached hydrogen (secondary N) is 1. The van der Waals surface area contributed by atoms with Crippen LogP contribution in [0.4, 0.5) is 4.79 Å². The van der Waals surface area contributed by atoms with Gasteiger partial charge in [-0.25, -0.2) is 9.78 Å². The summed E-state index contributed by atoms with van der Waals surface area (Å²) in [5, 5.41) is 3.02. The van der Waals surface area contributed by atoms with Crippen LogP contribution in [0.5, 0.6) is 0 Å². The number of ether oxygens (including phenoxy) is 1. The third-order valence-corrected chi connectivity index (χ3v) is 5.03. The number of amides is 2. The summed E-state index contributed by atoms with van der Waals surface area (Å²) < 4.78 is 7.40. The molecular formula is C21H28N4O3. The number of imidazole rings is 1. The summed E-state index contributed by atoms with van der Waals surface area (Å²) in [6.07, 6.45) is 8.52. The summed E-state index contributed by atoms with van der Waals surface area (Å²) >= 11 is 0. The fourth-order valence-electron chi connectivity index (χ4n) is 3.33. The zero-order valence-electron chi connectivity index (χ0n) is 16.1. The molecule has 1 aliphatic heterocycles. The van der Waals surface area contributed by atoms with Gasteiger partial charge < -0.3 is 19.5 Å². The molecule has 1 aliphatic rings. The number of carbonyl (C=O) groups excluding carboxylic acids is 2. The van der Waals surface area contributed by atoms with Crippen LogP contribution >= 0.6 is 0 Å². The summed E-state index contributed by atoms with van der Waals surface area (Å²) in [7, 11) is 0. The third-order valence-electron chi connectivity index (χ3n) is 5.03. The smallest absolute Gasteiger partial charge is 0.410 e. The molecule has 2 amide bonds. The zero-order chi connectivity index (χ0) is 19.6. The van der Waals surface area contributed by atoms with E-state index < -0.39 is 0 Å². The molecule has 150 valence electrons. The van der Waals surface area contributed by atoms with E-state index in [1.165, 1.54) is 0 Å². The molecule has 1 aromatic heterocycles. The molecule has 1 N–H and O–H groups in total. The molecule has 3 rings (SSSR count). The van der Waals surface area contributed by atoms with Crippen LogP contribution in [-0.4, -0.2) is 46.1 Å². The summed E-state index contributed by atoms with van der Waals surface area (Å²) in [4.78, 5) is 30.2. The molecule has 0 saturated carbocycles. The number of aromatic nitrogens is 2. The Hall–Kier alpha value is -2.83. The van der Waals surface area contributed by atoms with Crippen molar-refractivity contribution in [3.8, 4) is 0 Å². The highest BCUT2D eigenvalue weighted by atomic mass is 16.6. The molecule has 0 spiro atoms. The highest BCUT2D eigenvalue weighted by molar-refractivity contribution is 5.79. The zero-order valence-corrected chi connectivity index (χ0v) is 16.1. The highest BCUT2D eigenvalue weighted by Crippen LogP contribution is 2.18. The number of aryl methyl sites for hydroxylation is 1. The number of unbranched alkanes of at least 4 members (excludes halogenated alkanes) is 1. The molecule has 7 heteroatoms. The summed E-state index contributed by atoms with van der Waals surface area (Å²) in [5.41, 5.74) is 0.971. The molecule has 1 fully saturated rings. The van der Waals surface area contributed by atoms with E-state index in [2.05, 4.69) is 10.3 Å². The molecule has 0 atom stereocenters. The van der Waals surface area contributed by atoms with Crippen molar-refractivity contribution in [1.29, 1.82) is 0 Å². The number of hydrogen-bond acceptors (Lipinski definition) is 4. The molecule has 7 nitrogen and oxygen atoms in total. The molecule has 0 aliphatic carbocycles. The Kier molecular flexibility index (Phi) is 7.46. The van der Waals surface area contributed by atoms with Crippen molar-refractivity contribution in [3.05, 3.63) is 54.6 Å². The Bertz CT molecular complexity index is 725. The average Bonchev–Trinajstić information content (AvgIpc) is 3.26. The van der Waals surface area contributed by atoms with Crippen molar-refractivity contribution in [2.24, 2.45) is 5.92 Å². The second kappa shape index (κ2) is 10.5. The molecule has 0 bridgehead atoms. The lowest BCUT2D eigenvalue weighted by atomic mass is 9.96. The lowest BCUT2D eigenvalue weighted by Crippen LogP contribution is -2.43. The van der Waals surface area contributed by atoms with Crippen molar-refractivity contribution in [2.45, 2.75) is 38.8 Å². The van der Waals surface area contributed by atoms with Crippen LogP contribution in [0.25, 0.3) is 0 Å². The Morgan fingerprint density at radius 3 is 2.64 bits per heavy atom. The molecule has 1 aromatic carbocycles.